The fraction of sp³-hybridized carbons (Fsp3) is 0. The highest BCUT2D eigenvalue weighted by Crippen LogP contribution is 2.55. The molecule has 1 heteroatoms. The Morgan fingerprint density at radius 3 is 1.31 bits per heavy atom. The van der Waals surface area contributed by atoms with E-state index in [4.69, 9.17) is 0 Å². The predicted molar refractivity (Wildman–Crippen MR) is 198 cm³/mol. The van der Waals surface area contributed by atoms with E-state index < -0.39 is 7.53 Å². The zero-order chi connectivity index (χ0) is 29.5. The maximum Gasteiger partial charge on any atom is 0.00687 e. The van der Waals surface area contributed by atoms with Crippen LogP contribution in [0.3, 0.4) is 0 Å². The SMILES string of the molecule is c1ccc(-p2c3ccccc3c3cc(-c4ccc5c6ccccc6c6c7ccccc7c7ccccc7c6c5c4)ccc32)cc1. The van der Waals surface area contributed by atoms with Gasteiger partial charge in [-0.15, -0.1) is 0 Å². The van der Waals surface area contributed by atoms with E-state index in [2.05, 4.69) is 164 Å². The van der Waals surface area contributed by atoms with Crippen molar-refractivity contribution < 1.29 is 0 Å². The van der Waals surface area contributed by atoms with Crippen molar-refractivity contribution in [3.05, 3.63) is 164 Å². The molecule has 0 spiro atoms. The minimum atomic E-state index is -0.562. The molecule has 1 aromatic heterocycles. The van der Waals surface area contributed by atoms with Crippen molar-refractivity contribution in [2.24, 2.45) is 0 Å². The van der Waals surface area contributed by atoms with E-state index in [-0.39, 0.29) is 0 Å². The van der Waals surface area contributed by atoms with Crippen LogP contribution in [-0.2, 0) is 0 Å². The van der Waals surface area contributed by atoms with Gasteiger partial charge in [0.15, 0.2) is 0 Å². The van der Waals surface area contributed by atoms with Crippen molar-refractivity contribution in [2.45, 2.75) is 0 Å². The fourth-order valence-corrected chi connectivity index (χ4v) is 10.4. The third-order valence-corrected chi connectivity index (χ3v) is 12.3. The molecule has 0 aliphatic rings. The second kappa shape index (κ2) is 9.54. The van der Waals surface area contributed by atoms with Crippen molar-refractivity contribution in [3.63, 3.8) is 0 Å². The smallest absolute Gasteiger partial charge is 0.00687 e. The molecule has 208 valence electrons. The normalized spacial score (nSPS) is 12.4. The number of hydrogen-bond acceptors (Lipinski definition) is 0. The third-order valence-electron chi connectivity index (χ3n) is 9.73. The van der Waals surface area contributed by atoms with Gasteiger partial charge in [-0.1, -0.05) is 153 Å². The van der Waals surface area contributed by atoms with Gasteiger partial charge in [-0.3, -0.25) is 0 Å². The molecule has 45 heavy (non-hydrogen) atoms. The molecule has 0 bridgehead atoms. The molecule has 1 atom stereocenters. The highest BCUT2D eigenvalue weighted by atomic mass is 31.1. The largest absolute Gasteiger partial charge is 0.0772 e. The topological polar surface area (TPSA) is 0 Å². The lowest BCUT2D eigenvalue weighted by atomic mass is 9.86. The molecular weight excluding hydrogens is 559 g/mol. The summed E-state index contributed by atoms with van der Waals surface area (Å²) < 4.78 is 0. The van der Waals surface area contributed by atoms with Crippen molar-refractivity contribution in [1.82, 2.24) is 0 Å². The molecule has 0 aliphatic carbocycles. The number of fused-ring (bicyclic) bond motifs is 14. The van der Waals surface area contributed by atoms with Gasteiger partial charge in [0.05, 0.1) is 0 Å². The molecule has 0 radical (unpaired) electrons. The second-order valence-corrected chi connectivity index (χ2v) is 14.2. The molecule has 10 rings (SSSR count). The van der Waals surface area contributed by atoms with Crippen LogP contribution < -0.4 is 0 Å². The summed E-state index contributed by atoms with van der Waals surface area (Å²) >= 11 is 0. The van der Waals surface area contributed by atoms with Gasteiger partial charge in [0, 0.05) is 10.2 Å². The van der Waals surface area contributed by atoms with E-state index in [1.165, 1.54) is 91.3 Å². The molecule has 0 aliphatic heterocycles. The maximum atomic E-state index is 2.45. The van der Waals surface area contributed by atoms with Crippen molar-refractivity contribution in [1.29, 1.82) is 0 Å². The van der Waals surface area contributed by atoms with Crippen LogP contribution in [0.5, 0.6) is 0 Å². The van der Waals surface area contributed by atoms with Gasteiger partial charge in [-0.2, -0.15) is 0 Å². The molecule has 0 saturated carbocycles. The van der Waals surface area contributed by atoms with Crippen molar-refractivity contribution in [3.8, 4) is 16.4 Å². The van der Waals surface area contributed by atoms with E-state index in [1.54, 1.807) is 0 Å². The van der Waals surface area contributed by atoms with Crippen LogP contribution in [0, 0.1) is 0 Å². The van der Waals surface area contributed by atoms with E-state index in [9.17, 15) is 0 Å². The predicted octanol–water partition coefficient (Wildman–Crippen LogP) is 13.4. The quantitative estimate of drug-likeness (QED) is 0.177. The zero-order valence-corrected chi connectivity index (χ0v) is 25.4. The van der Waals surface area contributed by atoms with Crippen LogP contribution in [0.1, 0.15) is 0 Å². The van der Waals surface area contributed by atoms with E-state index >= 15 is 0 Å². The molecule has 0 nitrogen and oxygen atoms in total. The Morgan fingerprint density at radius 1 is 0.267 bits per heavy atom. The first kappa shape index (κ1) is 25.0. The average Bonchev–Trinajstić information content (AvgIpc) is 3.45. The summed E-state index contributed by atoms with van der Waals surface area (Å²) in [5, 5.41) is 20.3. The second-order valence-electron chi connectivity index (χ2n) is 12.1. The van der Waals surface area contributed by atoms with Crippen LogP contribution in [0.25, 0.3) is 91.3 Å². The Bertz CT molecular complexity index is 2790. The van der Waals surface area contributed by atoms with Crippen LogP contribution in [-0.4, -0.2) is 0 Å². The molecule has 1 unspecified atom stereocenters. The molecule has 0 amide bonds. The lowest BCUT2D eigenvalue weighted by Gasteiger charge is -2.17. The lowest BCUT2D eigenvalue weighted by Crippen LogP contribution is -1.89. The standard InChI is InChI=1S/C44H27P/c1-2-12-30(13-3-1)45-41-21-11-10-17-35(41)39-26-29(23-25-42(39)45)28-22-24-34-33-16-6-8-19-37(33)43-36-18-7-4-14-31(36)32-15-5-9-20-38(32)44(43)40(34)27-28/h1-27H. The van der Waals surface area contributed by atoms with E-state index in [0.717, 1.165) is 0 Å². The molecule has 0 N–H and O–H groups in total. The van der Waals surface area contributed by atoms with Gasteiger partial charge in [0.1, 0.15) is 0 Å². The zero-order valence-electron chi connectivity index (χ0n) is 24.5. The van der Waals surface area contributed by atoms with Crippen LogP contribution in [0.2, 0.25) is 0 Å². The number of rotatable bonds is 2. The Kier molecular flexibility index (Phi) is 5.29. The fourth-order valence-electron chi connectivity index (χ4n) is 7.81. The summed E-state index contributed by atoms with van der Waals surface area (Å²) in [6, 6.07) is 61.2. The molecule has 0 fully saturated rings. The van der Waals surface area contributed by atoms with Gasteiger partial charge in [-0.05, 0) is 99.3 Å². The van der Waals surface area contributed by atoms with E-state index in [1.807, 2.05) is 0 Å². The summed E-state index contributed by atoms with van der Waals surface area (Å²) in [4.78, 5) is 0. The van der Waals surface area contributed by atoms with Crippen molar-refractivity contribution in [2.75, 3.05) is 0 Å². The highest BCUT2D eigenvalue weighted by molar-refractivity contribution is 7.67. The first-order valence-electron chi connectivity index (χ1n) is 15.6. The van der Waals surface area contributed by atoms with Crippen molar-refractivity contribution >= 4 is 82.4 Å². The van der Waals surface area contributed by atoms with Gasteiger partial charge in [0.25, 0.3) is 0 Å². The molecule has 0 saturated heterocycles. The van der Waals surface area contributed by atoms with Gasteiger partial charge in [-0.25, -0.2) is 0 Å². The van der Waals surface area contributed by atoms with E-state index in [0.29, 0.717) is 0 Å². The Labute approximate surface area is 261 Å². The van der Waals surface area contributed by atoms with Gasteiger partial charge < -0.3 is 0 Å². The Hall–Kier alpha value is -5.42. The van der Waals surface area contributed by atoms with Crippen LogP contribution in [0.4, 0.5) is 0 Å². The summed E-state index contributed by atoms with van der Waals surface area (Å²) in [6.45, 7) is 0. The summed E-state index contributed by atoms with van der Waals surface area (Å²) in [5.74, 6) is 0. The summed E-state index contributed by atoms with van der Waals surface area (Å²) in [5.41, 5.74) is 2.52. The van der Waals surface area contributed by atoms with Crippen LogP contribution in [0.15, 0.2) is 164 Å². The minimum Gasteiger partial charge on any atom is -0.0772 e. The third kappa shape index (κ3) is 3.55. The summed E-state index contributed by atoms with van der Waals surface area (Å²) in [7, 11) is -0.562. The lowest BCUT2D eigenvalue weighted by molar-refractivity contribution is 1.71. The monoisotopic (exact) mass is 586 g/mol. The Balaban J connectivity index is 1.32. The maximum absolute atomic E-state index is 2.45. The number of benzene rings is 9. The van der Waals surface area contributed by atoms with Gasteiger partial charge in [0.2, 0.25) is 0 Å². The first-order valence-corrected chi connectivity index (χ1v) is 17.0. The van der Waals surface area contributed by atoms with Crippen LogP contribution >= 0.6 is 7.53 Å². The molecular formula is C44H27P. The Morgan fingerprint density at radius 2 is 0.689 bits per heavy atom. The molecule has 1 heterocycles. The first-order chi connectivity index (χ1) is 22.3. The minimum absolute atomic E-state index is 0.562. The summed E-state index contributed by atoms with van der Waals surface area (Å²) in [6.07, 6.45) is 0. The molecule has 10 aromatic rings. The number of hydrogen-bond donors (Lipinski definition) is 0. The molecule has 9 aromatic carbocycles. The average molecular weight is 587 g/mol. The highest BCUT2D eigenvalue weighted by Gasteiger charge is 2.17. The van der Waals surface area contributed by atoms with Gasteiger partial charge >= 0.3 is 0 Å².